The van der Waals surface area contributed by atoms with Crippen LogP contribution in [-0.2, 0) is 15.0 Å². The summed E-state index contributed by atoms with van der Waals surface area (Å²) in [5.41, 5.74) is 2.59. The van der Waals surface area contributed by atoms with Crippen LogP contribution in [0.3, 0.4) is 0 Å². The van der Waals surface area contributed by atoms with Crippen LogP contribution in [0, 0.1) is 18.8 Å². The van der Waals surface area contributed by atoms with Gasteiger partial charge in [0.1, 0.15) is 5.75 Å². The number of carboxylic acid groups (broad SMARTS) is 1. The van der Waals surface area contributed by atoms with Gasteiger partial charge in [-0.05, 0) is 54.8 Å². The van der Waals surface area contributed by atoms with Gasteiger partial charge in [-0.25, -0.2) is 4.79 Å². The van der Waals surface area contributed by atoms with Crippen LogP contribution in [0.4, 0.5) is 18.9 Å². The lowest BCUT2D eigenvalue weighted by Crippen LogP contribution is -2.41. The van der Waals surface area contributed by atoms with Crippen molar-refractivity contribution in [1.29, 1.82) is 0 Å². The van der Waals surface area contributed by atoms with E-state index in [0.29, 0.717) is 29.8 Å². The molecule has 1 aliphatic rings. The van der Waals surface area contributed by atoms with Crippen LogP contribution in [0.15, 0.2) is 30.3 Å². The van der Waals surface area contributed by atoms with Crippen LogP contribution in [0.25, 0.3) is 11.1 Å². The number of anilines is 1. The Balaban J connectivity index is 2.27. The molecule has 1 N–H and O–H groups in total. The average Bonchev–Trinajstić information content (AvgIpc) is 2.66. The van der Waals surface area contributed by atoms with Gasteiger partial charge in [-0.3, -0.25) is 4.79 Å². The van der Waals surface area contributed by atoms with Crippen LogP contribution < -0.4 is 9.64 Å². The normalized spacial score (nSPS) is 15.0. The molecule has 0 aliphatic carbocycles. The number of aryl methyl sites for hydroxylation is 1. The first-order valence-electron chi connectivity index (χ1n) is 9.93. The molecule has 168 valence electrons. The first-order valence-corrected chi connectivity index (χ1v) is 9.93. The maximum atomic E-state index is 13.1. The number of aliphatic carboxylic acids is 1. The summed E-state index contributed by atoms with van der Waals surface area (Å²) in [5.74, 6) is 2.52. The number of fused-ring (bicyclic) bond motifs is 1. The number of benzene rings is 2. The Morgan fingerprint density at radius 3 is 2.50 bits per heavy atom. The second-order valence-electron chi connectivity index (χ2n) is 8.20. The molecular formula is C24H22F3NO4. The van der Waals surface area contributed by atoms with Gasteiger partial charge in [0.15, 0.2) is 0 Å². The smallest absolute Gasteiger partial charge is 0.472 e. The predicted octanol–water partition coefficient (Wildman–Crippen LogP) is 5.03. The van der Waals surface area contributed by atoms with Gasteiger partial charge >= 0.3 is 12.3 Å². The van der Waals surface area contributed by atoms with Gasteiger partial charge in [0.05, 0.1) is 0 Å². The summed E-state index contributed by atoms with van der Waals surface area (Å²) >= 11 is 0. The van der Waals surface area contributed by atoms with Crippen LogP contribution in [0.5, 0.6) is 5.75 Å². The number of ether oxygens (including phenoxy) is 1. The molecule has 8 heteroatoms. The summed E-state index contributed by atoms with van der Waals surface area (Å²) in [7, 11) is 0. The number of hydrogen-bond donors (Lipinski definition) is 1. The molecule has 2 aromatic carbocycles. The highest BCUT2D eigenvalue weighted by Gasteiger charge is 2.37. The highest BCUT2D eigenvalue weighted by Crippen LogP contribution is 2.45. The van der Waals surface area contributed by atoms with Crippen molar-refractivity contribution in [2.24, 2.45) is 0 Å². The van der Waals surface area contributed by atoms with Crippen molar-refractivity contribution in [3.63, 3.8) is 0 Å². The first-order chi connectivity index (χ1) is 14.8. The van der Waals surface area contributed by atoms with E-state index in [4.69, 9.17) is 5.11 Å². The summed E-state index contributed by atoms with van der Waals surface area (Å²) in [6.07, 6.45) is -4.59. The van der Waals surface area contributed by atoms with Gasteiger partial charge < -0.3 is 14.7 Å². The molecular weight excluding hydrogens is 423 g/mol. The van der Waals surface area contributed by atoms with E-state index in [1.807, 2.05) is 32.8 Å². The number of carboxylic acids is 1. The molecule has 0 saturated carbocycles. The fraction of sp³-hybridized carbons (Fsp3) is 0.333. The molecule has 1 amide bonds. The molecule has 0 unspecified atom stereocenters. The van der Waals surface area contributed by atoms with E-state index >= 15 is 0 Å². The first kappa shape index (κ1) is 23.2. The molecule has 5 nitrogen and oxygen atoms in total. The van der Waals surface area contributed by atoms with Crippen molar-refractivity contribution in [2.45, 2.75) is 45.9 Å². The lowest BCUT2D eigenvalue weighted by atomic mass is 9.75. The summed E-state index contributed by atoms with van der Waals surface area (Å²) < 4.78 is 43.4. The van der Waals surface area contributed by atoms with Gasteiger partial charge in [0.2, 0.25) is 5.91 Å². The molecule has 1 aliphatic heterocycles. The Bertz CT molecular complexity index is 1160. The number of carbonyl (C=O) groups is 2. The summed E-state index contributed by atoms with van der Waals surface area (Å²) in [6, 6.07) is 7.31. The Labute approximate surface area is 183 Å². The number of carbonyl (C=O) groups excluding carboxylic acids is 1. The summed E-state index contributed by atoms with van der Waals surface area (Å²) in [6.45, 7) is 7.93. The third kappa shape index (κ3) is 4.72. The monoisotopic (exact) mass is 445 g/mol. The van der Waals surface area contributed by atoms with E-state index in [9.17, 15) is 22.8 Å². The van der Waals surface area contributed by atoms with Crippen LogP contribution in [0.2, 0.25) is 0 Å². The van der Waals surface area contributed by atoms with Gasteiger partial charge in [-0.2, -0.15) is 0 Å². The maximum Gasteiger partial charge on any atom is 0.573 e. The van der Waals surface area contributed by atoms with Crippen LogP contribution in [0.1, 0.15) is 43.9 Å². The van der Waals surface area contributed by atoms with E-state index in [1.165, 1.54) is 12.1 Å². The molecule has 32 heavy (non-hydrogen) atoms. The fourth-order valence-electron chi connectivity index (χ4n) is 3.96. The second kappa shape index (κ2) is 8.23. The standard InChI is InChI=1S/C24H22F3NO4/c1-5-28-19-12-16(14(2)10-18(19)23(3,4)13-21(28)29)17-11-15(7-9-22(30)31)6-8-20(17)32-24(25,26)27/h6,8,10-12H,5,13H2,1-4H3,(H,30,31). The topological polar surface area (TPSA) is 66.8 Å². The van der Waals surface area contributed by atoms with Crippen molar-refractivity contribution in [2.75, 3.05) is 11.4 Å². The average molecular weight is 445 g/mol. The van der Waals surface area contributed by atoms with Gasteiger partial charge in [-0.1, -0.05) is 25.8 Å². The fourth-order valence-corrected chi connectivity index (χ4v) is 3.96. The van der Waals surface area contributed by atoms with E-state index in [0.717, 1.165) is 11.6 Å². The largest absolute Gasteiger partial charge is 0.573 e. The maximum absolute atomic E-state index is 13.1. The molecule has 0 saturated heterocycles. The Kier molecular flexibility index (Phi) is 5.96. The van der Waals surface area contributed by atoms with Crippen molar-refractivity contribution in [3.8, 4) is 28.7 Å². The zero-order valence-corrected chi connectivity index (χ0v) is 18.1. The number of hydrogen-bond acceptors (Lipinski definition) is 3. The van der Waals surface area contributed by atoms with Crippen LogP contribution in [-0.4, -0.2) is 29.9 Å². The minimum atomic E-state index is -4.92. The zero-order chi connectivity index (χ0) is 23.8. The molecule has 0 radical (unpaired) electrons. The molecule has 0 atom stereocenters. The van der Waals surface area contributed by atoms with E-state index in [-0.39, 0.29) is 17.0 Å². The number of nitrogens with zero attached hydrogens (tertiary/aromatic N) is 1. The Morgan fingerprint density at radius 1 is 1.22 bits per heavy atom. The van der Waals surface area contributed by atoms with E-state index < -0.39 is 23.5 Å². The number of rotatable bonds is 3. The molecule has 2 aromatic rings. The van der Waals surface area contributed by atoms with Crippen molar-refractivity contribution < 1.29 is 32.6 Å². The molecule has 0 bridgehead atoms. The quantitative estimate of drug-likeness (QED) is 0.673. The number of halogens is 3. The molecule has 3 rings (SSSR count). The Hall–Kier alpha value is -3.47. The van der Waals surface area contributed by atoms with Crippen molar-refractivity contribution in [1.82, 2.24) is 0 Å². The molecule has 0 fully saturated rings. The molecule has 0 spiro atoms. The minimum absolute atomic E-state index is 0.0624. The number of alkyl halides is 3. The van der Waals surface area contributed by atoms with E-state index in [2.05, 4.69) is 10.7 Å². The lowest BCUT2D eigenvalue weighted by molar-refractivity contribution is -0.274. The summed E-state index contributed by atoms with van der Waals surface area (Å²) in [4.78, 5) is 25.1. The van der Waals surface area contributed by atoms with Crippen molar-refractivity contribution in [3.05, 3.63) is 47.0 Å². The van der Waals surface area contributed by atoms with Crippen molar-refractivity contribution >= 4 is 17.6 Å². The van der Waals surface area contributed by atoms with Gasteiger partial charge in [0, 0.05) is 41.1 Å². The van der Waals surface area contributed by atoms with E-state index in [1.54, 1.807) is 17.9 Å². The number of amides is 1. The molecule has 1 heterocycles. The highest BCUT2D eigenvalue weighted by atomic mass is 19.4. The third-order valence-electron chi connectivity index (χ3n) is 5.38. The molecule has 0 aromatic heterocycles. The Morgan fingerprint density at radius 2 is 1.91 bits per heavy atom. The zero-order valence-electron chi connectivity index (χ0n) is 18.1. The minimum Gasteiger partial charge on any atom is -0.472 e. The highest BCUT2D eigenvalue weighted by molar-refractivity contribution is 5.99. The summed E-state index contributed by atoms with van der Waals surface area (Å²) in [5, 5.41) is 8.79. The SMILES string of the molecule is CCN1C(=O)CC(C)(C)c2cc(C)c(-c3cc(C#CC(=O)O)ccc3OC(F)(F)F)cc21. The predicted molar refractivity (Wildman–Crippen MR) is 113 cm³/mol. The van der Waals surface area contributed by atoms with Gasteiger partial charge in [0.25, 0.3) is 0 Å². The second-order valence-corrected chi connectivity index (χ2v) is 8.20. The lowest BCUT2D eigenvalue weighted by Gasteiger charge is -2.39. The van der Waals surface area contributed by atoms with Crippen LogP contribution >= 0.6 is 0 Å². The third-order valence-corrected chi connectivity index (χ3v) is 5.38. The van der Waals surface area contributed by atoms with Gasteiger partial charge in [-0.15, -0.1) is 13.2 Å².